The molecule has 0 amide bonds. The van der Waals surface area contributed by atoms with Crippen LogP contribution in [0.3, 0.4) is 0 Å². The van der Waals surface area contributed by atoms with Gasteiger partial charge in [0, 0.05) is 6.04 Å². The monoisotopic (exact) mass is 330 g/mol. The Balaban J connectivity index is 1.80. The lowest BCUT2D eigenvalue weighted by Gasteiger charge is -2.23. The van der Waals surface area contributed by atoms with Crippen molar-refractivity contribution in [2.24, 2.45) is 0 Å². The maximum absolute atomic E-state index is 10.9. The number of fused-ring (bicyclic) bond motifs is 1. The number of aliphatic carboxylic acids is 1. The van der Waals surface area contributed by atoms with Crippen LogP contribution in [0.1, 0.15) is 19.6 Å². The second-order valence-electron chi connectivity index (χ2n) is 5.65. The third-order valence-corrected chi connectivity index (χ3v) is 4.64. The molecule has 0 saturated carbocycles. The van der Waals surface area contributed by atoms with E-state index < -0.39 is 5.97 Å². The molecule has 1 aromatic carbocycles. The minimum absolute atomic E-state index is 0.00512. The van der Waals surface area contributed by atoms with E-state index >= 15 is 0 Å². The number of rotatable bonds is 6. The Hall–Kier alpha value is -2.18. The molecular weight excluding hydrogens is 312 g/mol. The summed E-state index contributed by atoms with van der Waals surface area (Å²) in [5.74, 6) is 0.631. The largest absolute Gasteiger partial charge is 0.480 e. The van der Waals surface area contributed by atoms with Gasteiger partial charge in [-0.2, -0.15) is 0 Å². The number of furan rings is 1. The highest BCUT2D eigenvalue weighted by Crippen LogP contribution is 2.31. The average molecular weight is 330 g/mol. The van der Waals surface area contributed by atoms with Crippen molar-refractivity contribution in [2.75, 3.05) is 6.54 Å². The van der Waals surface area contributed by atoms with E-state index in [1.165, 1.54) is 0 Å². The van der Waals surface area contributed by atoms with Gasteiger partial charge >= 0.3 is 5.97 Å². The summed E-state index contributed by atoms with van der Waals surface area (Å²) in [7, 11) is 0. The van der Waals surface area contributed by atoms with Gasteiger partial charge in [-0.1, -0.05) is 12.1 Å². The molecule has 0 saturated heterocycles. The predicted octanol–water partition coefficient (Wildman–Crippen LogP) is 3.85. The fraction of sp³-hybridized carbons (Fsp3) is 0.294. The lowest BCUT2D eigenvalue weighted by atomic mass is 10.3. The Kier molecular flexibility index (Phi) is 4.45. The summed E-state index contributed by atoms with van der Waals surface area (Å²) >= 11 is 1.59. The van der Waals surface area contributed by atoms with E-state index in [0.29, 0.717) is 6.54 Å². The van der Waals surface area contributed by atoms with Gasteiger partial charge in [-0.05, 0) is 38.1 Å². The average Bonchev–Trinajstić information content (AvgIpc) is 3.11. The van der Waals surface area contributed by atoms with Gasteiger partial charge in [0.05, 0.1) is 23.3 Å². The Morgan fingerprint density at radius 2 is 2.09 bits per heavy atom. The molecule has 0 spiro atoms. The summed E-state index contributed by atoms with van der Waals surface area (Å²) < 4.78 is 7.00. The van der Waals surface area contributed by atoms with E-state index in [2.05, 4.69) is 4.98 Å². The molecule has 0 unspecified atom stereocenters. The quantitative estimate of drug-likeness (QED) is 0.743. The van der Waals surface area contributed by atoms with Crippen LogP contribution in [0.2, 0.25) is 0 Å². The Morgan fingerprint density at radius 1 is 1.30 bits per heavy atom. The van der Waals surface area contributed by atoms with Gasteiger partial charge in [-0.25, -0.2) is 4.98 Å². The number of carboxylic acid groups (broad SMARTS) is 1. The van der Waals surface area contributed by atoms with Crippen LogP contribution in [-0.4, -0.2) is 33.5 Å². The van der Waals surface area contributed by atoms with E-state index in [-0.39, 0.29) is 12.6 Å². The molecule has 0 atom stereocenters. The van der Waals surface area contributed by atoms with E-state index in [1.54, 1.807) is 11.3 Å². The molecule has 6 heteroatoms. The molecule has 2 aromatic heterocycles. The van der Waals surface area contributed by atoms with Crippen LogP contribution in [-0.2, 0) is 11.3 Å². The highest BCUT2D eigenvalue weighted by Gasteiger charge is 2.17. The molecule has 0 fully saturated rings. The number of hydrogen-bond acceptors (Lipinski definition) is 5. The lowest BCUT2D eigenvalue weighted by Crippen LogP contribution is -2.34. The summed E-state index contributed by atoms with van der Waals surface area (Å²) in [5.41, 5.74) is 0.958. The summed E-state index contributed by atoms with van der Waals surface area (Å²) in [6.07, 6.45) is 0. The molecular formula is C17H18N2O3S. The molecule has 0 aliphatic rings. The molecule has 0 aliphatic carbocycles. The second-order valence-corrected chi connectivity index (χ2v) is 6.68. The normalized spacial score (nSPS) is 11.7. The Morgan fingerprint density at radius 3 is 2.78 bits per heavy atom. The second kappa shape index (κ2) is 6.52. The van der Waals surface area contributed by atoms with E-state index in [9.17, 15) is 4.79 Å². The molecule has 0 aliphatic heterocycles. The van der Waals surface area contributed by atoms with E-state index in [1.807, 2.05) is 55.1 Å². The van der Waals surface area contributed by atoms with Crippen molar-refractivity contribution in [1.29, 1.82) is 0 Å². The zero-order chi connectivity index (χ0) is 16.4. The first-order valence-corrected chi connectivity index (χ1v) is 8.25. The molecule has 0 radical (unpaired) electrons. The number of carboxylic acids is 1. The highest BCUT2D eigenvalue weighted by atomic mass is 32.1. The summed E-state index contributed by atoms with van der Waals surface area (Å²) in [6.45, 7) is 4.41. The molecule has 23 heavy (non-hydrogen) atoms. The zero-order valence-electron chi connectivity index (χ0n) is 13.0. The predicted molar refractivity (Wildman–Crippen MR) is 90.5 cm³/mol. The number of carbonyl (C=O) groups is 1. The summed E-state index contributed by atoms with van der Waals surface area (Å²) in [5, 5.41) is 9.83. The maximum Gasteiger partial charge on any atom is 0.317 e. The molecule has 2 heterocycles. The van der Waals surface area contributed by atoms with Crippen LogP contribution in [0.5, 0.6) is 0 Å². The minimum atomic E-state index is -0.836. The van der Waals surface area contributed by atoms with Crippen LogP contribution >= 0.6 is 11.3 Å². The first-order chi connectivity index (χ1) is 11.0. The minimum Gasteiger partial charge on any atom is -0.480 e. The van der Waals surface area contributed by atoms with Gasteiger partial charge in [-0.3, -0.25) is 9.69 Å². The lowest BCUT2D eigenvalue weighted by molar-refractivity contribution is -0.139. The molecule has 1 N–H and O–H groups in total. The standard InChI is InChI=1S/C17H18N2O3S/c1-11(2)19(10-16(20)21)9-12-7-8-14(22-12)17-18-13-5-3-4-6-15(13)23-17/h3-8,11H,9-10H2,1-2H3,(H,20,21). The molecule has 120 valence electrons. The first kappa shape index (κ1) is 15.7. The van der Waals surface area contributed by atoms with Crippen molar-refractivity contribution >= 4 is 27.5 Å². The third kappa shape index (κ3) is 3.60. The smallest absolute Gasteiger partial charge is 0.317 e. The number of benzene rings is 1. The van der Waals surface area contributed by atoms with Crippen LogP contribution in [0.4, 0.5) is 0 Å². The van der Waals surface area contributed by atoms with Gasteiger partial charge in [0.25, 0.3) is 0 Å². The van der Waals surface area contributed by atoms with Crippen LogP contribution in [0, 0.1) is 0 Å². The van der Waals surface area contributed by atoms with Crippen molar-refractivity contribution in [3.63, 3.8) is 0 Å². The van der Waals surface area contributed by atoms with Crippen LogP contribution in [0.15, 0.2) is 40.8 Å². The number of aromatic nitrogens is 1. The first-order valence-electron chi connectivity index (χ1n) is 7.43. The highest BCUT2D eigenvalue weighted by molar-refractivity contribution is 7.21. The van der Waals surface area contributed by atoms with Crippen LogP contribution < -0.4 is 0 Å². The van der Waals surface area contributed by atoms with Gasteiger partial charge in [-0.15, -0.1) is 11.3 Å². The van der Waals surface area contributed by atoms with Gasteiger partial charge in [0.2, 0.25) is 0 Å². The molecule has 3 aromatic rings. The topological polar surface area (TPSA) is 66.6 Å². The molecule has 0 bridgehead atoms. The number of thiazole rings is 1. The van der Waals surface area contributed by atoms with Crippen molar-refractivity contribution in [3.8, 4) is 10.8 Å². The molecule has 3 rings (SSSR count). The van der Waals surface area contributed by atoms with Crippen molar-refractivity contribution in [1.82, 2.24) is 9.88 Å². The summed E-state index contributed by atoms with van der Waals surface area (Å²) in [4.78, 5) is 17.4. The zero-order valence-corrected chi connectivity index (χ0v) is 13.8. The third-order valence-electron chi connectivity index (χ3n) is 3.59. The van der Waals surface area contributed by atoms with Crippen molar-refractivity contribution < 1.29 is 14.3 Å². The van der Waals surface area contributed by atoms with Crippen molar-refractivity contribution in [3.05, 3.63) is 42.2 Å². The maximum atomic E-state index is 10.9. The van der Waals surface area contributed by atoms with E-state index in [4.69, 9.17) is 9.52 Å². The van der Waals surface area contributed by atoms with E-state index in [0.717, 1.165) is 26.7 Å². The van der Waals surface area contributed by atoms with Crippen molar-refractivity contribution in [2.45, 2.75) is 26.4 Å². The van der Waals surface area contributed by atoms with Gasteiger partial charge < -0.3 is 9.52 Å². The number of hydrogen-bond donors (Lipinski definition) is 1. The SMILES string of the molecule is CC(C)N(CC(=O)O)Cc1ccc(-c2nc3ccccc3s2)o1. The number of para-hydroxylation sites is 1. The van der Waals surface area contributed by atoms with Crippen LogP contribution in [0.25, 0.3) is 21.0 Å². The number of nitrogens with zero attached hydrogens (tertiary/aromatic N) is 2. The molecule has 5 nitrogen and oxygen atoms in total. The Labute approximate surface area is 138 Å². The fourth-order valence-electron chi connectivity index (χ4n) is 2.35. The summed E-state index contributed by atoms with van der Waals surface area (Å²) in [6, 6.07) is 11.9. The fourth-order valence-corrected chi connectivity index (χ4v) is 3.28. The Bertz CT molecular complexity index is 789. The van der Waals surface area contributed by atoms with Gasteiger partial charge in [0.1, 0.15) is 5.76 Å². The van der Waals surface area contributed by atoms with Gasteiger partial charge in [0.15, 0.2) is 10.8 Å².